The second-order valence-electron chi connectivity index (χ2n) is 5.75. The van der Waals surface area contributed by atoms with Crippen molar-refractivity contribution < 1.29 is 24.1 Å². The van der Waals surface area contributed by atoms with Crippen LogP contribution >= 0.6 is 12.2 Å². The van der Waals surface area contributed by atoms with Crippen LogP contribution in [0.5, 0.6) is 28.7 Å². The molecule has 0 saturated heterocycles. The van der Waals surface area contributed by atoms with E-state index in [-0.39, 0.29) is 5.75 Å². The predicted octanol–water partition coefficient (Wildman–Crippen LogP) is 3.23. The Morgan fingerprint density at radius 3 is 2.24 bits per heavy atom. The van der Waals surface area contributed by atoms with Crippen molar-refractivity contribution in [2.45, 2.75) is 0 Å². The number of aromatic hydroxyl groups is 1. The number of phenolic OH excluding ortho intramolecular Hbond substituents is 1. The molecule has 0 aliphatic carbocycles. The summed E-state index contributed by atoms with van der Waals surface area (Å²) in [6.07, 6.45) is 1.58. The molecule has 2 N–H and O–H groups in total. The fraction of sp³-hybridized carbons (Fsp3) is 0.211. The first-order chi connectivity index (χ1) is 14.0. The molecule has 29 heavy (non-hydrogen) atoms. The number of nitrogens with zero attached hydrogens (tertiary/aromatic N) is 3. The summed E-state index contributed by atoms with van der Waals surface area (Å²) in [4.78, 5) is 0. The van der Waals surface area contributed by atoms with Crippen LogP contribution in [0.3, 0.4) is 0 Å². The minimum atomic E-state index is 0.0442. The number of rotatable bonds is 7. The molecule has 152 valence electrons. The predicted molar refractivity (Wildman–Crippen MR) is 110 cm³/mol. The lowest BCUT2D eigenvalue weighted by atomic mass is 10.1. The molecule has 0 saturated carbocycles. The molecule has 1 aromatic heterocycles. The quantitative estimate of drug-likeness (QED) is 0.450. The Labute approximate surface area is 172 Å². The number of aromatic amines is 1. The Kier molecular flexibility index (Phi) is 6.03. The van der Waals surface area contributed by atoms with Gasteiger partial charge in [-0.15, -0.1) is 0 Å². The molecule has 1 heterocycles. The molecule has 2 aromatic carbocycles. The van der Waals surface area contributed by atoms with Gasteiger partial charge in [-0.05, 0) is 48.1 Å². The van der Waals surface area contributed by atoms with E-state index in [1.807, 2.05) is 0 Å². The third kappa shape index (κ3) is 4.02. The summed E-state index contributed by atoms with van der Waals surface area (Å²) < 4.78 is 23.0. The molecule has 3 aromatic rings. The molecule has 0 spiro atoms. The van der Waals surface area contributed by atoms with Gasteiger partial charge in [0.05, 0.1) is 34.7 Å². The fourth-order valence-electron chi connectivity index (χ4n) is 2.69. The topological polar surface area (TPSA) is 103 Å². The second-order valence-corrected chi connectivity index (χ2v) is 6.14. The van der Waals surface area contributed by atoms with Crippen LogP contribution in [0.1, 0.15) is 5.56 Å². The molecule has 3 rings (SSSR count). The first-order valence-electron chi connectivity index (χ1n) is 8.41. The van der Waals surface area contributed by atoms with Crippen LogP contribution in [0, 0.1) is 4.77 Å². The molecule has 0 bridgehead atoms. The highest BCUT2D eigenvalue weighted by Crippen LogP contribution is 2.40. The van der Waals surface area contributed by atoms with Gasteiger partial charge in [0, 0.05) is 5.56 Å². The maximum absolute atomic E-state index is 9.73. The van der Waals surface area contributed by atoms with Crippen molar-refractivity contribution in [3.05, 3.63) is 40.7 Å². The van der Waals surface area contributed by atoms with E-state index in [1.54, 1.807) is 30.5 Å². The van der Waals surface area contributed by atoms with Crippen LogP contribution in [-0.4, -0.2) is 54.6 Å². The zero-order chi connectivity index (χ0) is 21.0. The van der Waals surface area contributed by atoms with Crippen molar-refractivity contribution in [1.29, 1.82) is 0 Å². The normalized spacial score (nSPS) is 10.9. The van der Waals surface area contributed by atoms with Crippen molar-refractivity contribution in [3.8, 4) is 40.1 Å². The standard InChI is InChI=1S/C19H20N4O5S/c1-25-14-7-11(5-6-13(14)24)10-20-23-18(21-22-19(23)29)12-8-15(26-2)17(28-4)16(9-12)27-3/h5-10,24H,1-4H3,(H,22,29). The smallest absolute Gasteiger partial charge is 0.216 e. The number of methoxy groups -OCH3 is 4. The summed E-state index contributed by atoms with van der Waals surface area (Å²) in [7, 11) is 6.08. The van der Waals surface area contributed by atoms with Gasteiger partial charge in [0.1, 0.15) is 0 Å². The van der Waals surface area contributed by atoms with Gasteiger partial charge >= 0.3 is 0 Å². The summed E-state index contributed by atoms with van der Waals surface area (Å²) in [6, 6.07) is 8.38. The Hall–Kier alpha value is -3.53. The van der Waals surface area contributed by atoms with Crippen LogP contribution in [0.4, 0.5) is 0 Å². The average molecular weight is 416 g/mol. The van der Waals surface area contributed by atoms with Crippen molar-refractivity contribution in [3.63, 3.8) is 0 Å². The Morgan fingerprint density at radius 2 is 1.66 bits per heavy atom. The van der Waals surface area contributed by atoms with E-state index in [2.05, 4.69) is 15.3 Å². The Morgan fingerprint density at radius 1 is 1.00 bits per heavy atom. The zero-order valence-electron chi connectivity index (χ0n) is 16.3. The average Bonchev–Trinajstić information content (AvgIpc) is 3.12. The van der Waals surface area contributed by atoms with Crippen molar-refractivity contribution in [2.24, 2.45) is 5.10 Å². The molecule has 0 unspecified atom stereocenters. The summed E-state index contributed by atoms with van der Waals surface area (Å²) in [5.74, 6) is 2.27. The van der Waals surface area contributed by atoms with Gasteiger partial charge in [-0.25, -0.2) is 5.10 Å². The Bertz CT molecular complexity index is 1080. The first-order valence-corrected chi connectivity index (χ1v) is 8.82. The number of nitrogens with one attached hydrogen (secondary N) is 1. The van der Waals surface area contributed by atoms with Crippen LogP contribution < -0.4 is 18.9 Å². The molecule has 10 heteroatoms. The highest BCUT2D eigenvalue weighted by molar-refractivity contribution is 7.71. The number of benzene rings is 2. The lowest BCUT2D eigenvalue weighted by Gasteiger charge is -2.13. The van der Waals surface area contributed by atoms with Crippen molar-refractivity contribution >= 4 is 18.4 Å². The number of phenols is 1. The fourth-order valence-corrected chi connectivity index (χ4v) is 2.87. The van der Waals surface area contributed by atoms with Crippen LogP contribution in [0.25, 0.3) is 11.4 Å². The molecule has 0 amide bonds. The highest BCUT2D eigenvalue weighted by atomic mass is 32.1. The van der Waals surface area contributed by atoms with Gasteiger partial charge in [-0.3, -0.25) is 0 Å². The molecular weight excluding hydrogens is 396 g/mol. The highest BCUT2D eigenvalue weighted by Gasteiger charge is 2.17. The van der Waals surface area contributed by atoms with E-state index in [4.69, 9.17) is 31.2 Å². The lowest BCUT2D eigenvalue weighted by Crippen LogP contribution is -1.99. The van der Waals surface area contributed by atoms with Gasteiger partial charge < -0.3 is 24.1 Å². The summed E-state index contributed by atoms with van der Waals surface area (Å²) in [6.45, 7) is 0. The van der Waals surface area contributed by atoms with E-state index in [1.165, 1.54) is 39.2 Å². The molecular formula is C19H20N4O5S. The number of ether oxygens (including phenoxy) is 4. The van der Waals surface area contributed by atoms with E-state index in [0.29, 0.717) is 44.7 Å². The maximum Gasteiger partial charge on any atom is 0.216 e. The second kappa shape index (κ2) is 8.65. The third-order valence-electron chi connectivity index (χ3n) is 4.10. The van der Waals surface area contributed by atoms with Crippen LogP contribution in [0.2, 0.25) is 0 Å². The third-order valence-corrected chi connectivity index (χ3v) is 4.36. The molecule has 0 aliphatic rings. The molecule has 0 atom stereocenters. The van der Waals surface area contributed by atoms with Crippen LogP contribution in [-0.2, 0) is 0 Å². The van der Waals surface area contributed by atoms with Gasteiger partial charge in [-0.2, -0.15) is 14.9 Å². The minimum absolute atomic E-state index is 0.0442. The van der Waals surface area contributed by atoms with E-state index >= 15 is 0 Å². The SMILES string of the molecule is COc1cc(C=Nn2c(-c3cc(OC)c(OC)c(OC)c3)n[nH]c2=S)ccc1O. The number of hydrogen-bond donors (Lipinski definition) is 2. The Balaban J connectivity index is 2.06. The van der Waals surface area contributed by atoms with Gasteiger partial charge in [0.15, 0.2) is 28.8 Å². The van der Waals surface area contributed by atoms with Gasteiger partial charge in [0.2, 0.25) is 10.5 Å². The lowest BCUT2D eigenvalue weighted by molar-refractivity contribution is 0.324. The molecule has 0 aliphatic heterocycles. The summed E-state index contributed by atoms with van der Waals surface area (Å²) >= 11 is 5.31. The summed E-state index contributed by atoms with van der Waals surface area (Å²) in [5.41, 5.74) is 1.37. The van der Waals surface area contributed by atoms with Gasteiger partial charge in [-0.1, -0.05) is 0 Å². The largest absolute Gasteiger partial charge is 0.504 e. The van der Waals surface area contributed by atoms with Crippen LogP contribution in [0.15, 0.2) is 35.4 Å². The van der Waals surface area contributed by atoms with E-state index in [9.17, 15) is 5.11 Å². The molecule has 9 nitrogen and oxygen atoms in total. The van der Waals surface area contributed by atoms with Crippen molar-refractivity contribution in [1.82, 2.24) is 14.9 Å². The first kappa shape index (κ1) is 20.2. The maximum atomic E-state index is 9.73. The van der Waals surface area contributed by atoms with Crippen molar-refractivity contribution in [2.75, 3.05) is 28.4 Å². The number of hydrogen-bond acceptors (Lipinski definition) is 8. The number of aromatic nitrogens is 3. The van der Waals surface area contributed by atoms with Gasteiger partial charge in [0.25, 0.3) is 0 Å². The zero-order valence-corrected chi connectivity index (χ0v) is 17.1. The van der Waals surface area contributed by atoms with E-state index in [0.717, 1.165) is 0 Å². The van der Waals surface area contributed by atoms with E-state index < -0.39 is 0 Å². The summed E-state index contributed by atoms with van der Waals surface area (Å²) in [5, 5.41) is 21.1. The minimum Gasteiger partial charge on any atom is -0.504 e. The monoisotopic (exact) mass is 416 g/mol. The molecule has 0 radical (unpaired) electrons. The number of H-pyrrole nitrogens is 1. The molecule has 0 fully saturated rings.